The maximum absolute atomic E-state index is 12.9. The number of benzene rings is 3. The first-order valence-electron chi connectivity index (χ1n) is 7.67. The van der Waals surface area contributed by atoms with Crippen LogP contribution in [0.3, 0.4) is 0 Å². The van der Waals surface area contributed by atoms with Gasteiger partial charge in [0, 0.05) is 4.90 Å². The minimum atomic E-state index is -1.47. The molecule has 3 rings (SSSR count). The Balaban J connectivity index is 2.01. The second-order valence-corrected chi connectivity index (χ2v) is 7.92. The van der Waals surface area contributed by atoms with E-state index in [-0.39, 0.29) is 5.75 Å². The topological polar surface area (TPSA) is 37.3 Å². The van der Waals surface area contributed by atoms with Crippen molar-refractivity contribution in [2.45, 2.75) is 10.5 Å². The Bertz CT molecular complexity index is 843. The highest BCUT2D eigenvalue weighted by Crippen LogP contribution is 2.33. The quantitative estimate of drug-likeness (QED) is 0.662. The molecular formula is C20H16Cl2O2S. The maximum Gasteiger partial charge on any atom is 0.126 e. The van der Waals surface area contributed by atoms with Crippen molar-refractivity contribution in [3.63, 3.8) is 0 Å². The summed E-state index contributed by atoms with van der Waals surface area (Å²) in [6.45, 7) is 0. The van der Waals surface area contributed by atoms with Crippen molar-refractivity contribution in [3.8, 4) is 0 Å². The Morgan fingerprint density at radius 1 is 0.800 bits per heavy atom. The lowest BCUT2D eigenvalue weighted by atomic mass is 9.88. The molecule has 0 aromatic heterocycles. The minimum Gasteiger partial charge on any atom is -0.379 e. The molecule has 1 atom stereocenters. The van der Waals surface area contributed by atoms with E-state index in [1.807, 2.05) is 60.7 Å². The average Bonchev–Trinajstić information content (AvgIpc) is 2.65. The van der Waals surface area contributed by atoms with Gasteiger partial charge in [-0.1, -0.05) is 83.9 Å². The van der Waals surface area contributed by atoms with E-state index in [9.17, 15) is 9.32 Å². The van der Waals surface area contributed by atoms with Crippen molar-refractivity contribution >= 4 is 34.0 Å². The Morgan fingerprint density at radius 2 is 1.32 bits per heavy atom. The summed E-state index contributed by atoms with van der Waals surface area (Å²) < 4.78 is 12.9. The molecule has 0 spiro atoms. The van der Waals surface area contributed by atoms with Crippen LogP contribution < -0.4 is 0 Å². The van der Waals surface area contributed by atoms with Crippen LogP contribution in [0.1, 0.15) is 11.1 Å². The van der Waals surface area contributed by atoms with Crippen molar-refractivity contribution in [2.24, 2.45) is 0 Å². The molecule has 0 heterocycles. The van der Waals surface area contributed by atoms with Gasteiger partial charge in [0.15, 0.2) is 0 Å². The minimum absolute atomic E-state index is 0.0129. The lowest BCUT2D eigenvalue weighted by Gasteiger charge is -2.29. The van der Waals surface area contributed by atoms with Crippen molar-refractivity contribution in [3.05, 3.63) is 100 Å². The summed E-state index contributed by atoms with van der Waals surface area (Å²) in [4.78, 5) is 0.527. The molecule has 3 aromatic carbocycles. The summed E-state index contributed by atoms with van der Waals surface area (Å²) in [6, 6.07) is 23.4. The van der Waals surface area contributed by atoms with Crippen molar-refractivity contribution in [1.29, 1.82) is 0 Å². The second kappa shape index (κ2) is 7.71. The van der Waals surface area contributed by atoms with Gasteiger partial charge in [-0.15, -0.1) is 0 Å². The van der Waals surface area contributed by atoms with Gasteiger partial charge in [0.1, 0.15) is 5.60 Å². The highest BCUT2D eigenvalue weighted by atomic mass is 35.5. The summed E-state index contributed by atoms with van der Waals surface area (Å²) in [7, 11) is -1.47. The standard InChI is InChI=1S/C20H16Cl2O2S/c21-18-12-11-17(13-19(18)22)25(24)14-20(23,15-7-3-1-4-8-15)16-9-5-2-6-10-16/h1-13,23H,14H2. The van der Waals surface area contributed by atoms with Gasteiger partial charge in [0.25, 0.3) is 0 Å². The zero-order valence-corrected chi connectivity index (χ0v) is 15.6. The maximum atomic E-state index is 12.9. The van der Waals surface area contributed by atoms with Gasteiger partial charge in [-0.25, -0.2) is 0 Å². The third-order valence-corrected chi connectivity index (χ3v) is 6.20. The zero-order chi connectivity index (χ0) is 17.9. The fraction of sp³-hybridized carbons (Fsp3) is 0.100. The van der Waals surface area contributed by atoms with Crippen LogP contribution in [-0.2, 0) is 16.4 Å². The van der Waals surface area contributed by atoms with E-state index in [2.05, 4.69) is 0 Å². The first kappa shape index (κ1) is 18.2. The van der Waals surface area contributed by atoms with Gasteiger partial charge < -0.3 is 5.11 Å². The van der Waals surface area contributed by atoms with E-state index in [0.29, 0.717) is 26.1 Å². The first-order chi connectivity index (χ1) is 12.0. The molecule has 0 bridgehead atoms. The number of aliphatic hydroxyl groups is 1. The van der Waals surface area contributed by atoms with Gasteiger partial charge in [0.05, 0.1) is 26.6 Å². The van der Waals surface area contributed by atoms with Gasteiger partial charge in [-0.2, -0.15) is 0 Å². The Morgan fingerprint density at radius 3 is 1.80 bits per heavy atom. The number of hydrogen-bond acceptors (Lipinski definition) is 2. The molecule has 1 N–H and O–H groups in total. The Hall–Kier alpha value is -1.65. The van der Waals surface area contributed by atoms with E-state index in [1.165, 1.54) is 0 Å². The van der Waals surface area contributed by atoms with Crippen LogP contribution in [-0.4, -0.2) is 15.1 Å². The van der Waals surface area contributed by atoms with Gasteiger partial charge in [-0.3, -0.25) is 4.21 Å². The number of hydrogen-bond donors (Lipinski definition) is 1. The highest BCUT2D eigenvalue weighted by molar-refractivity contribution is 7.85. The second-order valence-electron chi connectivity index (χ2n) is 5.66. The number of halogens is 2. The summed E-state index contributed by atoms with van der Waals surface area (Å²) in [5, 5.41) is 12.2. The highest BCUT2D eigenvalue weighted by Gasteiger charge is 2.34. The van der Waals surface area contributed by atoms with E-state index in [1.54, 1.807) is 18.2 Å². The molecule has 128 valence electrons. The molecule has 1 unspecified atom stereocenters. The van der Waals surface area contributed by atoms with Crippen molar-refractivity contribution < 1.29 is 9.32 Å². The van der Waals surface area contributed by atoms with Gasteiger partial charge >= 0.3 is 0 Å². The van der Waals surface area contributed by atoms with E-state index < -0.39 is 16.4 Å². The van der Waals surface area contributed by atoms with Crippen LogP contribution in [0.2, 0.25) is 10.0 Å². The largest absolute Gasteiger partial charge is 0.379 e. The molecule has 0 aliphatic carbocycles. The molecule has 0 aliphatic rings. The van der Waals surface area contributed by atoms with E-state index >= 15 is 0 Å². The lowest BCUT2D eigenvalue weighted by molar-refractivity contribution is 0.106. The smallest absolute Gasteiger partial charge is 0.126 e. The molecule has 5 heteroatoms. The third kappa shape index (κ3) is 3.96. The van der Waals surface area contributed by atoms with Crippen LogP contribution in [0.5, 0.6) is 0 Å². The SMILES string of the molecule is O=S(CC(O)(c1ccccc1)c1ccccc1)c1ccc(Cl)c(Cl)c1. The average molecular weight is 391 g/mol. The number of rotatable bonds is 5. The third-order valence-electron chi connectivity index (χ3n) is 4.00. The Kier molecular flexibility index (Phi) is 5.60. The zero-order valence-electron chi connectivity index (χ0n) is 13.2. The lowest BCUT2D eigenvalue weighted by Crippen LogP contribution is -2.33. The fourth-order valence-electron chi connectivity index (χ4n) is 2.65. The normalized spacial score (nSPS) is 12.8. The molecule has 0 radical (unpaired) electrons. The predicted molar refractivity (Wildman–Crippen MR) is 104 cm³/mol. The van der Waals surface area contributed by atoms with Crippen LogP contribution in [0, 0.1) is 0 Å². The van der Waals surface area contributed by atoms with Crippen LogP contribution in [0.4, 0.5) is 0 Å². The molecule has 0 saturated carbocycles. The molecule has 25 heavy (non-hydrogen) atoms. The van der Waals surface area contributed by atoms with Crippen LogP contribution in [0.25, 0.3) is 0 Å². The molecule has 0 aliphatic heterocycles. The summed E-state index contributed by atoms with van der Waals surface area (Å²) in [5.74, 6) is 0.0129. The van der Waals surface area contributed by atoms with Crippen molar-refractivity contribution in [2.75, 3.05) is 5.75 Å². The van der Waals surface area contributed by atoms with E-state index in [4.69, 9.17) is 23.2 Å². The predicted octanol–water partition coefficient (Wildman–Crippen LogP) is 5.04. The molecule has 0 saturated heterocycles. The summed E-state index contributed by atoms with van der Waals surface area (Å²) >= 11 is 12.0. The molecule has 3 aromatic rings. The van der Waals surface area contributed by atoms with Crippen LogP contribution in [0.15, 0.2) is 83.8 Å². The monoisotopic (exact) mass is 390 g/mol. The van der Waals surface area contributed by atoms with E-state index in [0.717, 1.165) is 0 Å². The Labute approximate surface area is 159 Å². The molecule has 2 nitrogen and oxygen atoms in total. The van der Waals surface area contributed by atoms with Gasteiger partial charge in [-0.05, 0) is 29.3 Å². The van der Waals surface area contributed by atoms with Gasteiger partial charge in [0.2, 0.25) is 0 Å². The fourth-order valence-corrected chi connectivity index (χ4v) is 4.36. The molecule has 0 amide bonds. The van der Waals surface area contributed by atoms with Crippen molar-refractivity contribution in [1.82, 2.24) is 0 Å². The summed E-state index contributed by atoms with van der Waals surface area (Å²) in [5.41, 5.74) is 0.00341. The molecule has 0 fully saturated rings. The summed E-state index contributed by atoms with van der Waals surface area (Å²) in [6.07, 6.45) is 0. The van der Waals surface area contributed by atoms with Crippen LogP contribution >= 0.6 is 23.2 Å². The first-order valence-corrected chi connectivity index (χ1v) is 9.75. The molecular weight excluding hydrogens is 375 g/mol.